The summed E-state index contributed by atoms with van der Waals surface area (Å²) in [5.74, 6) is -1.09. The van der Waals surface area contributed by atoms with Gasteiger partial charge in [0.05, 0.1) is 5.97 Å². The fraction of sp³-hybridized carbons (Fsp3) is 0.250. The Bertz CT molecular complexity index is 350. The van der Waals surface area contributed by atoms with Gasteiger partial charge in [0, 0.05) is 0 Å². The maximum Gasteiger partial charge on any atom is 0.0675 e. The van der Waals surface area contributed by atoms with Gasteiger partial charge >= 0.3 is 0 Å². The number of rotatable bonds is 3. The van der Waals surface area contributed by atoms with Crippen molar-refractivity contribution in [2.45, 2.75) is 20.3 Å². The summed E-state index contributed by atoms with van der Waals surface area (Å²) in [6.45, 7) is 3.52. The molecule has 0 spiro atoms. The number of aliphatic carboxylic acids is 1. The molecular formula is C12H13O2-. The zero-order valence-corrected chi connectivity index (χ0v) is 8.41. The highest BCUT2D eigenvalue weighted by Crippen LogP contribution is 2.21. The third-order valence-electron chi connectivity index (χ3n) is 2.23. The van der Waals surface area contributed by atoms with E-state index in [1.807, 2.05) is 37.3 Å². The van der Waals surface area contributed by atoms with Crippen LogP contribution in [0.1, 0.15) is 25.8 Å². The smallest absolute Gasteiger partial charge is 0.0675 e. The number of carbonyl (C=O) groups excluding carboxylic acids is 1. The van der Waals surface area contributed by atoms with Gasteiger partial charge in [0.1, 0.15) is 0 Å². The van der Waals surface area contributed by atoms with Crippen LogP contribution in [0.5, 0.6) is 0 Å². The Balaban J connectivity index is 3.17. The van der Waals surface area contributed by atoms with Gasteiger partial charge in [-0.1, -0.05) is 37.3 Å². The molecule has 0 aliphatic rings. The van der Waals surface area contributed by atoms with Gasteiger partial charge in [-0.3, -0.25) is 0 Å². The van der Waals surface area contributed by atoms with Crippen LogP contribution in [-0.4, -0.2) is 5.97 Å². The van der Waals surface area contributed by atoms with Crippen LogP contribution < -0.4 is 5.11 Å². The number of carbonyl (C=O) groups is 1. The number of allylic oxidation sites excluding steroid dienone is 1. The number of carboxylic acids is 1. The molecule has 1 aromatic carbocycles. The first-order chi connectivity index (χ1) is 6.66. The molecule has 0 fully saturated rings. The van der Waals surface area contributed by atoms with E-state index in [1.165, 1.54) is 0 Å². The number of hydrogen-bond donors (Lipinski definition) is 0. The molecule has 0 aromatic heterocycles. The predicted molar refractivity (Wildman–Crippen MR) is 54.3 cm³/mol. The van der Waals surface area contributed by atoms with Crippen LogP contribution in [0.25, 0.3) is 5.57 Å². The summed E-state index contributed by atoms with van der Waals surface area (Å²) in [6.07, 6.45) is 0.698. The molecule has 0 aliphatic heterocycles. The Kier molecular flexibility index (Phi) is 3.46. The minimum atomic E-state index is -1.09. The monoisotopic (exact) mass is 189 g/mol. The standard InChI is InChI=1S/C12H14O2/c1-3-11(9(2)12(13)14)10-7-5-4-6-8-10/h4-8H,3H2,1-2H3,(H,13,14)/p-1/b11-9-. The molecule has 0 bridgehead atoms. The number of carboxylic acid groups (broad SMARTS) is 1. The van der Waals surface area contributed by atoms with E-state index in [0.717, 1.165) is 11.1 Å². The molecule has 2 heteroatoms. The lowest BCUT2D eigenvalue weighted by Crippen LogP contribution is -2.24. The van der Waals surface area contributed by atoms with E-state index in [0.29, 0.717) is 12.0 Å². The second kappa shape index (κ2) is 4.61. The highest BCUT2D eigenvalue weighted by atomic mass is 16.4. The van der Waals surface area contributed by atoms with Crippen LogP contribution in [0.3, 0.4) is 0 Å². The van der Waals surface area contributed by atoms with Crippen molar-refractivity contribution in [2.75, 3.05) is 0 Å². The van der Waals surface area contributed by atoms with E-state index >= 15 is 0 Å². The zero-order valence-electron chi connectivity index (χ0n) is 8.41. The Hall–Kier alpha value is -1.57. The molecule has 74 valence electrons. The van der Waals surface area contributed by atoms with Crippen molar-refractivity contribution < 1.29 is 9.90 Å². The molecule has 0 saturated carbocycles. The van der Waals surface area contributed by atoms with E-state index in [1.54, 1.807) is 6.92 Å². The lowest BCUT2D eigenvalue weighted by Gasteiger charge is -2.11. The first-order valence-corrected chi connectivity index (χ1v) is 4.63. The first-order valence-electron chi connectivity index (χ1n) is 4.63. The van der Waals surface area contributed by atoms with Gasteiger partial charge in [-0.15, -0.1) is 0 Å². The first kappa shape index (κ1) is 10.5. The lowest BCUT2D eigenvalue weighted by atomic mass is 9.99. The Morgan fingerprint density at radius 1 is 1.29 bits per heavy atom. The van der Waals surface area contributed by atoms with Gasteiger partial charge in [-0.2, -0.15) is 0 Å². The second-order valence-electron chi connectivity index (χ2n) is 3.11. The lowest BCUT2D eigenvalue weighted by molar-refractivity contribution is -0.299. The molecule has 0 amide bonds. The average molecular weight is 189 g/mol. The molecule has 0 atom stereocenters. The summed E-state index contributed by atoms with van der Waals surface area (Å²) in [5.41, 5.74) is 2.11. The SMILES string of the molecule is CC/C(=C(\C)C(=O)[O-])c1ccccc1. The summed E-state index contributed by atoms with van der Waals surface area (Å²) in [4.78, 5) is 10.7. The molecule has 0 heterocycles. The maximum absolute atomic E-state index is 10.7. The van der Waals surface area contributed by atoms with Crippen LogP contribution in [0.4, 0.5) is 0 Å². The average Bonchev–Trinajstić information content (AvgIpc) is 2.20. The van der Waals surface area contributed by atoms with Crippen molar-refractivity contribution in [1.82, 2.24) is 0 Å². The summed E-state index contributed by atoms with van der Waals surface area (Å²) < 4.78 is 0. The highest BCUT2D eigenvalue weighted by Gasteiger charge is 2.03. The van der Waals surface area contributed by atoms with Gasteiger partial charge in [-0.25, -0.2) is 0 Å². The van der Waals surface area contributed by atoms with Crippen molar-refractivity contribution in [2.24, 2.45) is 0 Å². The normalized spacial score (nSPS) is 12.1. The maximum atomic E-state index is 10.7. The Morgan fingerprint density at radius 3 is 2.29 bits per heavy atom. The molecule has 0 radical (unpaired) electrons. The van der Waals surface area contributed by atoms with Crippen molar-refractivity contribution in [3.8, 4) is 0 Å². The van der Waals surface area contributed by atoms with Crippen LogP contribution >= 0.6 is 0 Å². The zero-order chi connectivity index (χ0) is 10.6. The Labute approximate surface area is 83.9 Å². The fourth-order valence-corrected chi connectivity index (χ4v) is 1.45. The van der Waals surface area contributed by atoms with E-state index < -0.39 is 5.97 Å². The quantitative estimate of drug-likeness (QED) is 0.678. The molecule has 0 unspecified atom stereocenters. The van der Waals surface area contributed by atoms with Crippen molar-refractivity contribution >= 4 is 11.5 Å². The third-order valence-corrected chi connectivity index (χ3v) is 2.23. The fourth-order valence-electron chi connectivity index (χ4n) is 1.45. The van der Waals surface area contributed by atoms with Gasteiger partial charge < -0.3 is 9.90 Å². The van der Waals surface area contributed by atoms with E-state index in [-0.39, 0.29) is 0 Å². The van der Waals surface area contributed by atoms with Gasteiger partial charge in [0.15, 0.2) is 0 Å². The molecule has 0 aliphatic carbocycles. The van der Waals surface area contributed by atoms with Gasteiger partial charge in [-0.05, 0) is 30.1 Å². The summed E-state index contributed by atoms with van der Waals surface area (Å²) >= 11 is 0. The second-order valence-corrected chi connectivity index (χ2v) is 3.11. The highest BCUT2D eigenvalue weighted by molar-refractivity contribution is 5.94. The molecule has 14 heavy (non-hydrogen) atoms. The van der Waals surface area contributed by atoms with Crippen LogP contribution in [0, 0.1) is 0 Å². The van der Waals surface area contributed by atoms with Crippen LogP contribution in [0.15, 0.2) is 35.9 Å². The molecule has 2 nitrogen and oxygen atoms in total. The van der Waals surface area contributed by atoms with Gasteiger partial charge in [0.2, 0.25) is 0 Å². The summed E-state index contributed by atoms with van der Waals surface area (Å²) in [5, 5.41) is 10.7. The summed E-state index contributed by atoms with van der Waals surface area (Å²) in [7, 11) is 0. The molecule has 0 N–H and O–H groups in total. The predicted octanol–water partition coefficient (Wildman–Crippen LogP) is 1.62. The van der Waals surface area contributed by atoms with Crippen molar-refractivity contribution in [3.63, 3.8) is 0 Å². The van der Waals surface area contributed by atoms with E-state index in [4.69, 9.17) is 0 Å². The summed E-state index contributed by atoms with van der Waals surface area (Å²) in [6, 6.07) is 9.52. The Morgan fingerprint density at radius 2 is 1.86 bits per heavy atom. The van der Waals surface area contributed by atoms with Gasteiger partial charge in [0.25, 0.3) is 0 Å². The molecule has 1 aromatic rings. The molecule has 1 rings (SSSR count). The minimum Gasteiger partial charge on any atom is -0.545 e. The van der Waals surface area contributed by atoms with Crippen LogP contribution in [-0.2, 0) is 4.79 Å². The number of benzene rings is 1. The topological polar surface area (TPSA) is 40.1 Å². The van der Waals surface area contributed by atoms with Crippen molar-refractivity contribution in [1.29, 1.82) is 0 Å². The minimum absolute atomic E-state index is 0.318. The molecule has 0 saturated heterocycles. The molecular weight excluding hydrogens is 176 g/mol. The van der Waals surface area contributed by atoms with Crippen molar-refractivity contribution in [3.05, 3.63) is 41.5 Å². The largest absolute Gasteiger partial charge is 0.545 e. The van der Waals surface area contributed by atoms with E-state index in [9.17, 15) is 9.90 Å². The number of hydrogen-bond acceptors (Lipinski definition) is 2. The van der Waals surface area contributed by atoms with E-state index in [2.05, 4.69) is 0 Å². The van der Waals surface area contributed by atoms with Crippen LogP contribution in [0.2, 0.25) is 0 Å². The third kappa shape index (κ3) is 2.22.